The Morgan fingerprint density at radius 2 is 1.92 bits per heavy atom. The van der Waals surface area contributed by atoms with Crippen LogP contribution in [0.2, 0.25) is 0 Å². The number of piperazine rings is 1. The second-order valence-corrected chi connectivity index (χ2v) is 10.6. The smallest absolute Gasteiger partial charge is 0.371 e. The SMILES string of the molecule is CCC1CN(C2=CNCN=C2)Cc2cc(C(=O)Nc3cc(CN4CCN(C)CC4)cc(C(F)(F)F)c3)ccc21. The number of aliphatic imine (C=N–C) groups is 1. The zero-order valence-corrected chi connectivity index (χ0v) is 22.4. The van der Waals surface area contributed by atoms with Gasteiger partial charge in [-0.15, -0.1) is 0 Å². The van der Waals surface area contributed by atoms with Crippen LogP contribution in [0, 0.1) is 0 Å². The van der Waals surface area contributed by atoms with E-state index in [-0.39, 0.29) is 5.69 Å². The number of alkyl halides is 3. The Kier molecular flexibility index (Phi) is 7.95. The summed E-state index contributed by atoms with van der Waals surface area (Å²) < 4.78 is 41.2. The van der Waals surface area contributed by atoms with Crippen LogP contribution in [0.5, 0.6) is 0 Å². The van der Waals surface area contributed by atoms with E-state index in [4.69, 9.17) is 0 Å². The van der Waals surface area contributed by atoms with Crippen molar-refractivity contribution in [2.24, 2.45) is 4.99 Å². The summed E-state index contributed by atoms with van der Waals surface area (Å²) in [5.74, 6) is -0.115. The molecule has 1 unspecified atom stereocenters. The van der Waals surface area contributed by atoms with E-state index in [2.05, 4.69) is 37.2 Å². The van der Waals surface area contributed by atoms with Gasteiger partial charge < -0.3 is 20.4 Å². The first kappa shape index (κ1) is 27.2. The minimum atomic E-state index is -4.51. The summed E-state index contributed by atoms with van der Waals surface area (Å²) in [4.78, 5) is 24.2. The fourth-order valence-electron chi connectivity index (χ4n) is 5.50. The maximum absolute atomic E-state index is 13.7. The zero-order chi connectivity index (χ0) is 27.6. The van der Waals surface area contributed by atoms with Gasteiger partial charge in [0, 0.05) is 75.4 Å². The topological polar surface area (TPSA) is 63.2 Å². The zero-order valence-electron chi connectivity index (χ0n) is 22.4. The van der Waals surface area contributed by atoms with Gasteiger partial charge in [0.15, 0.2) is 0 Å². The summed E-state index contributed by atoms with van der Waals surface area (Å²) in [7, 11) is 2.04. The molecule has 0 saturated carbocycles. The largest absolute Gasteiger partial charge is 0.416 e. The van der Waals surface area contributed by atoms with Crippen molar-refractivity contribution in [2.45, 2.75) is 38.5 Å². The monoisotopic (exact) mass is 540 g/mol. The molecule has 3 aliphatic rings. The molecule has 10 heteroatoms. The highest BCUT2D eigenvalue weighted by molar-refractivity contribution is 6.04. The lowest BCUT2D eigenvalue weighted by Gasteiger charge is -2.37. The molecule has 2 aromatic rings. The average molecular weight is 541 g/mol. The lowest BCUT2D eigenvalue weighted by atomic mass is 9.86. The predicted molar refractivity (Wildman–Crippen MR) is 147 cm³/mol. The summed E-state index contributed by atoms with van der Waals surface area (Å²) >= 11 is 0. The number of benzene rings is 2. The summed E-state index contributed by atoms with van der Waals surface area (Å²) in [6, 6.07) is 9.48. The van der Waals surface area contributed by atoms with Crippen molar-refractivity contribution < 1.29 is 18.0 Å². The summed E-state index contributed by atoms with van der Waals surface area (Å²) in [6.07, 6.45) is 0.258. The molecule has 208 valence electrons. The molecule has 5 rings (SSSR count). The van der Waals surface area contributed by atoms with Crippen molar-refractivity contribution >= 4 is 17.8 Å². The van der Waals surface area contributed by atoms with Crippen LogP contribution in [0.25, 0.3) is 0 Å². The molecule has 1 fully saturated rings. The van der Waals surface area contributed by atoms with E-state index >= 15 is 0 Å². The van der Waals surface area contributed by atoms with Crippen LogP contribution in [-0.4, -0.2) is 73.3 Å². The standard InChI is InChI=1S/C29H35F3N6O/c1-3-21-17-38(26-14-33-19-34-15-26)18-23-12-22(4-5-27(21)23)28(39)35-25-11-20(10-24(13-25)29(30,31)32)16-37-8-6-36(2)7-9-37/h4-5,10-15,21,33H,3,6-9,16-19H2,1-2H3,(H,35,39). The Morgan fingerprint density at radius 1 is 1.13 bits per heavy atom. The average Bonchev–Trinajstić information content (AvgIpc) is 2.93. The van der Waals surface area contributed by atoms with Crippen molar-refractivity contribution in [1.82, 2.24) is 20.0 Å². The third kappa shape index (κ3) is 6.45. The van der Waals surface area contributed by atoms with Gasteiger partial charge in [0.2, 0.25) is 0 Å². The van der Waals surface area contributed by atoms with Crippen LogP contribution >= 0.6 is 0 Å². The number of carbonyl (C=O) groups is 1. The number of fused-ring (bicyclic) bond motifs is 1. The van der Waals surface area contributed by atoms with E-state index in [1.54, 1.807) is 12.1 Å². The fraction of sp³-hybridized carbons (Fsp3) is 0.448. The molecule has 7 nitrogen and oxygen atoms in total. The Morgan fingerprint density at radius 3 is 2.62 bits per heavy atom. The van der Waals surface area contributed by atoms with Crippen LogP contribution in [0.4, 0.5) is 18.9 Å². The quantitative estimate of drug-likeness (QED) is 0.566. The highest BCUT2D eigenvalue weighted by Crippen LogP contribution is 2.34. The van der Waals surface area contributed by atoms with E-state index in [1.165, 1.54) is 11.6 Å². The van der Waals surface area contributed by atoms with Gasteiger partial charge in [0.25, 0.3) is 5.91 Å². The maximum Gasteiger partial charge on any atom is 0.416 e. The molecule has 0 bridgehead atoms. The second-order valence-electron chi connectivity index (χ2n) is 10.6. The number of halogens is 3. The van der Waals surface area contributed by atoms with Crippen LogP contribution < -0.4 is 10.6 Å². The molecule has 1 atom stereocenters. The molecule has 0 spiro atoms. The van der Waals surface area contributed by atoms with Gasteiger partial charge in [0.1, 0.15) is 6.67 Å². The van der Waals surface area contributed by atoms with Crippen molar-refractivity contribution in [2.75, 3.05) is 51.8 Å². The van der Waals surface area contributed by atoms with Gasteiger partial charge in [-0.25, -0.2) is 0 Å². The van der Waals surface area contributed by atoms with Gasteiger partial charge in [-0.3, -0.25) is 14.7 Å². The van der Waals surface area contributed by atoms with Crippen molar-refractivity contribution in [3.8, 4) is 0 Å². The fourth-order valence-corrected chi connectivity index (χ4v) is 5.50. The predicted octanol–water partition coefficient (Wildman–Crippen LogP) is 4.49. The van der Waals surface area contributed by atoms with Crippen LogP contribution in [-0.2, 0) is 19.3 Å². The molecule has 39 heavy (non-hydrogen) atoms. The van der Waals surface area contributed by atoms with Gasteiger partial charge in [-0.2, -0.15) is 13.2 Å². The maximum atomic E-state index is 13.7. The Bertz CT molecular complexity index is 1270. The normalized spacial score (nSPS) is 20.3. The number of hydrogen-bond donors (Lipinski definition) is 2. The molecule has 1 amide bonds. The number of nitrogens with one attached hydrogen (secondary N) is 2. The summed E-state index contributed by atoms with van der Waals surface area (Å²) in [6.45, 7) is 7.92. The number of allylic oxidation sites excluding steroid dienone is 1. The van der Waals surface area contributed by atoms with E-state index in [1.807, 2.05) is 31.6 Å². The van der Waals surface area contributed by atoms with Crippen molar-refractivity contribution in [3.63, 3.8) is 0 Å². The molecule has 1 saturated heterocycles. The molecular weight excluding hydrogens is 505 g/mol. The molecule has 3 heterocycles. The molecule has 2 aromatic carbocycles. The van der Waals surface area contributed by atoms with Gasteiger partial charge in [-0.1, -0.05) is 13.0 Å². The summed E-state index contributed by atoms with van der Waals surface area (Å²) in [5.41, 5.74) is 3.60. The van der Waals surface area contributed by atoms with Crippen LogP contribution in [0.3, 0.4) is 0 Å². The number of nitrogens with zero attached hydrogens (tertiary/aromatic N) is 4. The van der Waals surface area contributed by atoms with Crippen molar-refractivity contribution in [1.29, 1.82) is 0 Å². The Hall–Kier alpha value is -3.37. The van der Waals surface area contributed by atoms with Crippen LogP contribution in [0.1, 0.15) is 51.9 Å². The molecular formula is C29H35F3N6O. The molecule has 0 aromatic heterocycles. The first-order chi connectivity index (χ1) is 18.7. The highest BCUT2D eigenvalue weighted by Gasteiger charge is 2.32. The number of amides is 1. The Balaban J connectivity index is 1.36. The van der Waals surface area contributed by atoms with E-state index in [0.29, 0.717) is 36.8 Å². The minimum Gasteiger partial charge on any atom is -0.371 e. The van der Waals surface area contributed by atoms with E-state index in [0.717, 1.165) is 56.5 Å². The third-order valence-corrected chi connectivity index (χ3v) is 7.74. The minimum absolute atomic E-state index is 0.152. The van der Waals surface area contributed by atoms with Gasteiger partial charge in [-0.05, 0) is 60.5 Å². The molecule has 3 aliphatic heterocycles. The van der Waals surface area contributed by atoms with E-state index in [9.17, 15) is 18.0 Å². The molecule has 2 N–H and O–H groups in total. The number of anilines is 1. The van der Waals surface area contributed by atoms with Gasteiger partial charge in [0.05, 0.1) is 11.3 Å². The first-order valence-corrected chi connectivity index (χ1v) is 13.4. The van der Waals surface area contributed by atoms with Gasteiger partial charge >= 0.3 is 6.18 Å². The number of likely N-dealkylation sites (N-methyl/N-ethyl adjacent to an activating group) is 1. The molecule has 0 aliphatic carbocycles. The number of rotatable bonds is 6. The lowest BCUT2D eigenvalue weighted by molar-refractivity contribution is -0.137. The highest BCUT2D eigenvalue weighted by atomic mass is 19.4. The van der Waals surface area contributed by atoms with E-state index < -0.39 is 17.6 Å². The Labute approximate surface area is 227 Å². The summed E-state index contributed by atoms with van der Waals surface area (Å²) in [5, 5.41) is 5.88. The third-order valence-electron chi connectivity index (χ3n) is 7.74. The first-order valence-electron chi connectivity index (χ1n) is 13.4. The second kappa shape index (κ2) is 11.4. The van der Waals surface area contributed by atoms with Crippen molar-refractivity contribution in [3.05, 3.63) is 76.1 Å². The lowest BCUT2D eigenvalue weighted by Crippen LogP contribution is -2.43. The van der Waals surface area contributed by atoms with Crippen LogP contribution in [0.15, 0.2) is 53.3 Å². The molecule has 0 radical (unpaired) electrons. The number of carbonyl (C=O) groups excluding carboxylic acids is 1. The number of hydrogen-bond acceptors (Lipinski definition) is 6.